The second-order valence-electron chi connectivity index (χ2n) is 15.5. The van der Waals surface area contributed by atoms with Crippen LogP contribution < -0.4 is 26.5 Å². The van der Waals surface area contributed by atoms with E-state index in [1.165, 1.54) is 17.7 Å². The number of hydrogen-bond acceptors (Lipinski definition) is 13. The Morgan fingerprint density at radius 1 is 0.950 bits per heavy atom. The van der Waals surface area contributed by atoms with Crippen molar-refractivity contribution in [3.8, 4) is 17.6 Å². The van der Waals surface area contributed by atoms with Crippen molar-refractivity contribution in [1.29, 1.82) is 5.26 Å². The fourth-order valence-corrected chi connectivity index (χ4v) is 10.2. The quantitative estimate of drug-likeness (QED) is 0.0539. The number of aryl methyl sites for hydroxylation is 1. The van der Waals surface area contributed by atoms with Crippen molar-refractivity contribution in [1.82, 2.24) is 14.2 Å². The molecule has 2 fully saturated rings. The number of ether oxygens (including phenoxy) is 5. The lowest BCUT2D eigenvalue weighted by Crippen LogP contribution is -2.59. The number of nitrogens with two attached hydrogens (primary N) is 1. The van der Waals surface area contributed by atoms with E-state index in [-0.39, 0.29) is 37.3 Å². The molecule has 320 valence electrons. The smallest absolute Gasteiger partial charge is 0.330 e. The molecule has 1 unspecified atom stereocenters. The number of H-pyrrole nitrogens is 1. The van der Waals surface area contributed by atoms with Gasteiger partial charge in [0.05, 0.1) is 51.9 Å². The van der Waals surface area contributed by atoms with Gasteiger partial charge in [0.1, 0.15) is 29.4 Å². The van der Waals surface area contributed by atoms with Crippen LogP contribution in [-0.4, -0.2) is 83.6 Å². The summed E-state index contributed by atoms with van der Waals surface area (Å²) in [6.07, 6.45) is -1.76. The van der Waals surface area contributed by atoms with Gasteiger partial charge in [0, 0.05) is 30.8 Å². The molecule has 3 N–H and O–H groups in total. The number of benzene rings is 3. The van der Waals surface area contributed by atoms with Gasteiger partial charge in [0.25, 0.3) is 14.1 Å². The summed E-state index contributed by atoms with van der Waals surface area (Å²) < 4.78 is 48.7. The van der Waals surface area contributed by atoms with Crippen LogP contribution in [-0.2, 0) is 33.7 Å². The Balaban J connectivity index is 1.60. The highest BCUT2D eigenvalue weighted by atomic mass is 31.2. The fraction of sp³-hybridized carbons (Fsp3) is 0.455. The zero-order chi connectivity index (χ0) is 43.4. The summed E-state index contributed by atoms with van der Waals surface area (Å²) >= 11 is 0. The van der Waals surface area contributed by atoms with Gasteiger partial charge in [-0.25, -0.2) is 9.46 Å². The van der Waals surface area contributed by atoms with E-state index < -0.39 is 67.3 Å². The number of aromatic amines is 1. The van der Waals surface area contributed by atoms with Crippen molar-refractivity contribution in [2.45, 2.75) is 95.7 Å². The van der Waals surface area contributed by atoms with Gasteiger partial charge in [-0.05, 0) is 75.6 Å². The summed E-state index contributed by atoms with van der Waals surface area (Å²) in [6.45, 7) is 10.7. The van der Waals surface area contributed by atoms with E-state index in [9.17, 15) is 19.6 Å². The fourth-order valence-electron chi connectivity index (χ4n) is 8.41. The molecule has 1 aliphatic carbocycles. The average Bonchev–Trinajstić information content (AvgIpc) is 3.65. The molecule has 0 radical (unpaired) electrons. The first-order valence-electron chi connectivity index (χ1n) is 19.9. The van der Waals surface area contributed by atoms with Crippen LogP contribution in [0.5, 0.6) is 11.5 Å². The second-order valence-corrected chi connectivity index (χ2v) is 16.9. The first-order chi connectivity index (χ1) is 28.7. The maximum absolute atomic E-state index is 13.6. The SMILES string of the molecule is COc1ccc(C(OC[C@]23O[C@@H](n4cc(C)c(=O)[nH]c4=O)[C@H]([C@H](N)[C@@H]2OC(C)=O)[C@@H]3OP(OCCC#N)N(C(C)C)C(C)C)(c2ccccc2)c2ccc(OC)cc2)cc1. The maximum Gasteiger partial charge on any atom is 0.330 e. The number of esters is 1. The van der Waals surface area contributed by atoms with E-state index in [1.807, 2.05) is 107 Å². The number of methoxy groups -OCH3 is 2. The third-order valence-electron chi connectivity index (χ3n) is 11.0. The molecule has 4 aromatic rings. The van der Waals surface area contributed by atoms with Crippen molar-refractivity contribution >= 4 is 14.5 Å². The Morgan fingerprint density at radius 3 is 2.03 bits per heavy atom. The van der Waals surface area contributed by atoms with Gasteiger partial charge in [-0.3, -0.25) is 19.1 Å². The van der Waals surface area contributed by atoms with Crippen molar-refractivity contribution in [2.24, 2.45) is 11.7 Å². The normalized spacial score (nSPS) is 22.9. The molecule has 7 atom stereocenters. The number of aromatic nitrogens is 2. The molecule has 1 aromatic heterocycles. The number of rotatable bonds is 18. The minimum Gasteiger partial charge on any atom is -0.497 e. The van der Waals surface area contributed by atoms with Crippen LogP contribution in [0.3, 0.4) is 0 Å². The summed E-state index contributed by atoms with van der Waals surface area (Å²) in [6, 6.07) is 25.7. The molecule has 2 aliphatic rings. The van der Waals surface area contributed by atoms with Crippen LogP contribution in [0.15, 0.2) is 94.6 Å². The minimum absolute atomic E-state index is 0.0700. The van der Waals surface area contributed by atoms with Gasteiger partial charge < -0.3 is 38.5 Å². The topological polar surface area (TPSA) is 190 Å². The van der Waals surface area contributed by atoms with E-state index in [0.717, 1.165) is 16.7 Å². The summed E-state index contributed by atoms with van der Waals surface area (Å²) in [7, 11) is 1.24. The van der Waals surface area contributed by atoms with Crippen LogP contribution in [0.2, 0.25) is 0 Å². The molecule has 0 amide bonds. The summed E-state index contributed by atoms with van der Waals surface area (Å²) in [5, 5.41) is 9.47. The van der Waals surface area contributed by atoms with Crippen LogP contribution in [0.25, 0.3) is 0 Å². The number of nitriles is 1. The highest BCUT2D eigenvalue weighted by molar-refractivity contribution is 7.44. The van der Waals surface area contributed by atoms with Gasteiger partial charge in [0.2, 0.25) is 0 Å². The van der Waals surface area contributed by atoms with Gasteiger partial charge in [-0.15, -0.1) is 0 Å². The number of nitrogens with zero attached hydrogens (tertiary/aromatic N) is 3. The number of nitrogens with one attached hydrogen (secondary N) is 1. The molecule has 6 rings (SSSR count). The molecule has 0 spiro atoms. The van der Waals surface area contributed by atoms with Crippen LogP contribution >= 0.6 is 8.53 Å². The third-order valence-corrected chi connectivity index (χ3v) is 13.2. The Hall–Kier alpha value is -4.91. The summed E-state index contributed by atoms with van der Waals surface area (Å²) in [4.78, 5) is 41.7. The zero-order valence-corrected chi connectivity index (χ0v) is 36.1. The number of carbonyl (C=O) groups is 1. The van der Waals surface area contributed by atoms with Crippen molar-refractivity contribution in [2.75, 3.05) is 27.4 Å². The zero-order valence-electron chi connectivity index (χ0n) is 35.2. The Labute approximate surface area is 351 Å². The highest BCUT2D eigenvalue weighted by Gasteiger charge is 2.73. The Kier molecular flexibility index (Phi) is 14.0. The van der Waals surface area contributed by atoms with Crippen LogP contribution in [0, 0.1) is 24.2 Å². The molecule has 1 aliphatic heterocycles. The molecule has 2 heterocycles. The van der Waals surface area contributed by atoms with Gasteiger partial charge in [-0.2, -0.15) is 5.26 Å². The van der Waals surface area contributed by atoms with Crippen LogP contribution in [0.1, 0.15) is 69.5 Å². The second kappa shape index (κ2) is 18.8. The van der Waals surface area contributed by atoms with Gasteiger partial charge in [-0.1, -0.05) is 54.6 Å². The number of fused-ring (bicyclic) bond motifs is 2. The lowest BCUT2D eigenvalue weighted by Gasteiger charge is -2.44. The molecule has 1 saturated carbocycles. The lowest BCUT2D eigenvalue weighted by molar-refractivity contribution is -0.224. The molecular weight excluding hydrogens is 789 g/mol. The average molecular weight is 844 g/mol. The molecule has 2 bridgehead atoms. The molecule has 60 heavy (non-hydrogen) atoms. The van der Waals surface area contributed by atoms with Crippen molar-refractivity contribution in [3.63, 3.8) is 0 Å². The predicted octanol–water partition coefficient (Wildman–Crippen LogP) is 5.69. The maximum atomic E-state index is 13.6. The Bertz CT molecular complexity index is 2190. The summed E-state index contributed by atoms with van der Waals surface area (Å²) in [5.74, 6) is -0.193. The number of hydrogen-bond donors (Lipinski definition) is 2. The van der Waals surface area contributed by atoms with Gasteiger partial charge >= 0.3 is 11.7 Å². The monoisotopic (exact) mass is 843 g/mol. The standard InChI is InChI=1S/C44H54N5O10P/c1-27(2)49(28(3)4)60(56-24-12-23-45)59-38-36-37(46)39(57-30(6)50)43(38,58-41(36)48-25-29(5)40(51)47-42(48)52)26-55-44(31-13-10-9-11-14-31,32-15-19-34(53-7)20-16-32)33-17-21-35(54-8)22-18-33/h9-11,13-22,25,27-28,36-39,41H,12,24,26,46H2,1-8H3,(H,47,51,52)/t36-,37+,38+,39+,41-,43-,60?/m1/s1. The van der Waals surface area contributed by atoms with Crippen molar-refractivity contribution in [3.05, 3.63) is 128 Å². The number of carbonyl (C=O) groups excluding carboxylic acids is 1. The van der Waals surface area contributed by atoms with E-state index in [0.29, 0.717) is 11.5 Å². The molecule has 1 saturated heterocycles. The highest BCUT2D eigenvalue weighted by Crippen LogP contribution is 2.60. The van der Waals surface area contributed by atoms with E-state index in [2.05, 4.69) is 15.7 Å². The van der Waals surface area contributed by atoms with Crippen molar-refractivity contribution < 1.29 is 37.5 Å². The first-order valence-corrected chi connectivity index (χ1v) is 21.0. The minimum atomic E-state index is -1.94. The molecule has 16 heteroatoms. The Morgan fingerprint density at radius 2 is 1.52 bits per heavy atom. The predicted molar refractivity (Wildman–Crippen MR) is 224 cm³/mol. The molecule has 3 aromatic carbocycles. The lowest BCUT2D eigenvalue weighted by atomic mass is 9.79. The third kappa shape index (κ3) is 8.51. The van der Waals surface area contributed by atoms with E-state index >= 15 is 0 Å². The summed E-state index contributed by atoms with van der Waals surface area (Å²) in [5.41, 5.74) is 5.33. The van der Waals surface area contributed by atoms with Crippen LogP contribution in [0.4, 0.5) is 0 Å². The van der Waals surface area contributed by atoms with E-state index in [1.54, 1.807) is 21.1 Å². The molecular formula is C44H54N5O10P. The largest absolute Gasteiger partial charge is 0.497 e. The van der Waals surface area contributed by atoms with Gasteiger partial charge in [0.15, 0.2) is 11.7 Å². The molecule has 15 nitrogen and oxygen atoms in total. The van der Waals surface area contributed by atoms with E-state index in [4.69, 9.17) is 38.5 Å². The first kappa shape index (κ1) is 44.6.